The molecule has 2 aromatic rings. The molecule has 0 unspecified atom stereocenters. The predicted octanol–water partition coefficient (Wildman–Crippen LogP) is 3.27. The van der Waals surface area contributed by atoms with E-state index in [4.69, 9.17) is 11.6 Å². The summed E-state index contributed by atoms with van der Waals surface area (Å²) >= 11 is 6.15. The Hall–Kier alpha value is -1.88. The van der Waals surface area contributed by atoms with Gasteiger partial charge in [0.25, 0.3) is 5.91 Å². The summed E-state index contributed by atoms with van der Waals surface area (Å²) in [5, 5.41) is 14.1. The van der Waals surface area contributed by atoms with E-state index >= 15 is 0 Å². The Bertz CT molecular complexity index is 700. The summed E-state index contributed by atoms with van der Waals surface area (Å²) in [6.07, 6.45) is 1.17. The van der Waals surface area contributed by atoms with Crippen molar-refractivity contribution in [3.63, 3.8) is 0 Å². The van der Waals surface area contributed by atoms with Crippen LogP contribution in [0, 0.1) is 0 Å². The van der Waals surface area contributed by atoms with E-state index in [9.17, 15) is 9.90 Å². The molecular weight excluding hydrogens is 336 g/mol. The number of piperidine rings is 1. The van der Waals surface area contributed by atoms with Crippen LogP contribution in [0.15, 0.2) is 54.6 Å². The number of carbonyl (C=O) groups excluding carboxylic acids is 1. The highest BCUT2D eigenvalue weighted by molar-refractivity contribution is 6.31. The number of aliphatic hydroxyl groups excluding tert-OH is 1. The first-order valence-electron chi connectivity index (χ1n) is 8.64. The first-order chi connectivity index (χ1) is 12.1. The zero-order valence-electron chi connectivity index (χ0n) is 14.1. The normalized spacial score (nSPS) is 17.2. The van der Waals surface area contributed by atoms with E-state index in [1.165, 1.54) is 0 Å². The van der Waals surface area contributed by atoms with Gasteiger partial charge in [0.15, 0.2) is 0 Å². The average Bonchev–Trinajstić information content (AvgIpc) is 2.64. The second-order valence-electron chi connectivity index (χ2n) is 6.45. The molecule has 1 heterocycles. The monoisotopic (exact) mass is 358 g/mol. The second kappa shape index (κ2) is 8.48. The number of halogens is 1. The summed E-state index contributed by atoms with van der Waals surface area (Å²) in [6.45, 7) is 2.26. The standard InChI is InChI=1S/C20H23ClN2O2/c21-18-9-5-4-8-17(18)19(24)14-23-12-10-16(11-13-23)22-20(25)15-6-2-1-3-7-15/h1-9,16,19,24H,10-14H2,(H,22,25)/t19-/m0/s1. The largest absolute Gasteiger partial charge is 0.387 e. The van der Waals surface area contributed by atoms with E-state index in [-0.39, 0.29) is 11.9 Å². The third kappa shape index (κ3) is 4.82. The topological polar surface area (TPSA) is 52.6 Å². The maximum atomic E-state index is 12.2. The van der Waals surface area contributed by atoms with Crippen molar-refractivity contribution in [1.29, 1.82) is 0 Å². The molecule has 2 N–H and O–H groups in total. The molecule has 4 nitrogen and oxygen atoms in total. The molecule has 1 aliphatic rings. The molecule has 0 aromatic heterocycles. The Morgan fingerprint density at radius 3 is 2.44 bits per heavy atom. The average molecular weight is 359 g/mol. The number of carbonyl (C=O) groups is 1. The van der Waals surface area contributed by atoms with E-state index in [2.05, 4.69) is 10.2 Å². The molecular formula is C20H23ClN2O2. The quantitative estimate of drug-likeness (QED) is 0.862. The lowest BCUT2D eigenvalue weighted by Crippen LogP contribution is -2.45. The number of nitrogens with one attached hydrogen (secondary N) is 1. The summed E-state index contributed by atoms with van der Waals surface area (Å²) < 4.78 is 0. The molecule has 0 saturated carbocycles. The van der Waals surface area contributed by atoms with Crippen LogP contribution < -0.4 is 5.32 Å². The molecule has 1 amide bonds. The number of hydrogen-bond acceptors (Lipinski definition) is 3. The summed E-state index contributed by atoms with van der Waals surface area (Å²) in [5.41, 5.74) is 1.46. The van der Waals surface area contributed by atoms with Gasteiger partial charge in [-0.25, -0.2) is 0 Å². The summed E-state index contributed by atoms with van der Waals surface area (Å²) in [5.74, 6) is -0.0184. The Labute approximate surface area is 153 Å². The molecule has 0 aliphatic carbocycles. The third-order valence-electron chi connectivity index (χ3n) is 4.65. The first kappa shape index (κ1) is 17.9. The molecule has 1 fully saturated rings. The lowest BCUT2D eigenvalue weighted by molar-refractivity contribution is 0.0828. The van der Waals surface area contributed by atoms with Crippen LogP contribution in [0.25, 0.3) is 0 Å². The van der Waals surface area contributed by atoms with E-state index in [1.54, 1.807) is 6.07 Å². The molecule has 1 aliphatic heterocycles. The first-order valence-corrected chi connectivity index (χ1v) is 9.02. The van der Waals surface area contributed by atoms with Crippen LogP contribution in [0.4, 0.5) is 0 Å². The van der Waals surface area contributed by atoms with Crippen LogP contribution in [0.2, 0.25) is 5.02 Å². The van der Waals surface area contributed by atoms with Gasteiger partial charge in [-0.15, -0.1) is 0 Å². The Morgan fingerprint density at radius 1 is 1.12 bits per heavy atom. The fourth-order valence-corrected chi connectivity index (χ4v) is 3.47. The molecule has 25 heavy (non-hydrogen) atoms. The van der Waals surface area contributed by atoms with Gasteiger partial charge < -0.3 is 15.3 Å². The number of β-amino-alcohol motifs (C(OH)–C–C–N with tert-alkyl or cyclic N) is 1. The molecule has 0 radical (unpaired) electrons. The molecule has 0 spiro atoms. The maximum Gasteiger partial charge on any atom is 0.251 e. The number of rotatable bonds is 5. The lowest BCUT2D eigenvalue weighted by Gasteiger charge is -2.33. The van der Waals surface area contributed by atoms with E-state index in [0.717, 1.165) is 31.5 Å². The Balaban J connectivity index is 1.47. The van der Waals surface area contributed by atoms with Crippen LogP contribution in [0.5, 0.6) is 0 Å². The predicted molar refractivity (Wildman–Crippen MR) is 99.8 cm³/mol. The molecule has 2 aromatic carbocycles. The van der Waals surface area contributed by atoms with Crippen LogP contribution in [0.3, 0.4) is 0 Å². The van der Waals surface area contributed by atoms with Gasteiger partial charge in [-0.2, -0.15) is 0 Å². The van der Waals surface area contributed by atoms with Crippen molar-refractivity contribution in [2.24, 2.45) is 0 Å². The minimum atomic E-state index is -0.593. The van der Waals surface area contributed by atoms with Crippen molar-refractivity contribution in [3.8, 4) is 0 Å². The highest BCUT2D eigenvalue weighted by Crippen LogP contribution is 2.24. The number of hydrogen-bond donors (Lipinski definition) is 2. The summed E-state index contributed by atoms with van der Waals surface area (Å²) in [4.78, 5) is 14.4. The fraction of sp³-hybridized carbons (Fsp3) is 0.350. The number of nitrogens with zero attached hydrogens (tertiary/aromatic N) is 1. The van der Waals surface area contributed by atoms with Gasteiger partial charge in [0.2, 0.25) is 0 Å². The summed E-state index contributed by atoms with van der Waals surface area (Å²) in [7, 11) is 0. The highest BCUT2D eigenvalue weighted by atomic mass is 35.5. The van der Waals surface area contributed by atoms with Gasteiger partial charge in [0.05, 0.1) is 6.10 Å². The van der Waals surface area contributed by atoms with Crippen molar-refractivity contribution >= 4 is 17.5 Å². The van der Waals surface area contributed by atoms with E-state index in [1.807, 2.05) is 48.5 Å². The van der Waals surface area contributed by atoms with Crippen LogP contribution in [-0.4, -0.2) is 41.6 Å². The zero-order valence-corrected chi connectivity index (χ0v) is 14.8. The molecule has 132 valence electrons. The SMILES string of the molecule is O=C(NC1CCN(C[C@H](O)c2ccccc2Cl)CC1)c1ccccc1. The maximum absolute atomic E-state index is 12.2. The van der Waals surface area contributed by atoms with E-state index in [0.29, 0.717) is 17.1 Å². The lowest BCUT2D eigenvalue weighted by atomic mass is 10.0. The molecule has 1 saturated heterocycles. The highest BCUT2D eigenvalue weighted by Gasteiger charge is 2.23. The van der Waals surface area contributed by atoms with Crippen molar-refractivity contribution in [2.75, 3.05) is 19.6 Å². The van der Waals surface area contributed by atoms with Gasteiger partial charge in [-0.1, -0.05) is 48.0 Å². The van der Waals surface area contributed by atoms with Crippen molar-refractivity contribution < 1.29 is 9.90 Å². The second-order valence-corrected chi connectivity index (χ2v) is 6.86. The van der Waals surface area contributed by atoms with Gasteiger partial charge in [-0.05, 0) is 31.0 Å². The van der Waals surface area contributed by atoms with Crippen molar-refractivity contribution in [2.45, 2.75) is 25.0 Å². The van der Waals surface area contributed by atoms with Crippen LogP contribution in [0.1, 0.15) is 34.9 Å². The van der Waals surface area contributed by atoms with Crippen LogP contribution in [-0.2, 0) is 0 Å². The zero-order chi connectivity index (χ0) is 17.6. The number of likely N-dealkylation sites (tertiary alicyclic amines) is 1. The Morgan fingerprint density at radius 2 is 1.76 bits per heavy atom. The third-order valence-corrected chi connectivity index (χ3v) is 5.00. The molecule has 5 heteroatoms. The molecule has 0 bridgehead atoms. The van der Waals surface area contributed by atoms with Gasteiger partial charge >= 0.3 is 0 Å². The summed E-state index contributed by atoms with van der Waals surface area (Å²) in [6, 6.07) is 16.9. The van der Waals surface area contributed by atoms with E-state index < -0.39 is 6.10 Å². The van der Waals surface area contributed by atoms with Crippen molar-refractivity contribution in [3.05, 3.63) is 70.7 Å². The van der Waals surface area contributed by atoms with Crippen LogP contribution >= 0.6 is 11.6 Å². The fourth-order valence-electron chi connectivity index (χ4n) is 3.21. The van der Waals surface area contributed by atoms with Gasteiger partial charge in [0.1, 0.15) is 0 Å². The number of benzene rings is 2. The minimum absolute atomic E-state index is 0.0184. The van der Waals surface area contributed by atoms with Crippen molar-refractivity contribution in [1.82, 2.24) is 10.2 Å². The van der Waals surface area contributed by atoms with Gasteiger partial charge in [-0.3, -0.25) is 4.79 Å². The molecule has 1 atom stereocenters. The molecule has 3 rings (SSSR count). The number of aliphatic hydroxyl groups is 1. The minimum Gasteiger partial charge on any atom is -0.387 e. The van der Waals surface area contributed by atoms with Gasteiger partial charge in [0, 0.05) is 41.8 Å². The Kier molecular flexibility index (Phi) is 6.08. The number of amides is 1. The smallest absolute Gasteiger partial charge is 0.251 e.